The Morgan fingerprint density at radius 2 is 2.22 bits per heavy atom. The van der Waals surface area contributed by atoms with E-state index in [2.05, 4.69) is 36.4 Å². The zero-order valence-corrected chi connectivity index (χ0v) is 11.8. The lowest BCUT2D eigenvalue weighted by atomic mass is 9.74. The molecule has 0 bridgehead atoms. The van der Waals surface area contributed by atoms with E-state index in [-0.39, 0.29) is 0 Å². The molecule has 1 saturated carbocycles. The molecule has 1 heterocycles. The third-order valence-corrected chi connectivity index (χ3v) is 4.24. The van der Waals surface area contributed by atoms with Crippen LogP contribution in [-0.4, -0.2) is 27.6 Å². The molecule has 3 unspecified atom stereocenters. The van der Waals surface area contributed by atoms with Gasteiger partial charge in [-0.2, -0.15) is 0 Å². The largest absolute Gasteiger partial charge is 0.312 e. The number of hydrogen-bond donors (Lipinski definition) is 1. The Labute approximate surface area is 110 Å². The van der Waals surface area contributed by atoms with Crippen molar-refractivity contribution in [2.24, 2.45) is 17.8 Å². The average molecular weight is 250 g/mol. The lowest BCUT2D eigenvalue weighted by Gasteiger charge is -2.38. The molecular formula is C14H26N4. The number of aromatic nitrogens is 3. The van der Waals surface area contributed by atoms with Crippen molar-refractivity contribution in [1.29, 1.82) is 0 Å². The molecule has 1 fully saturated rings. The second-order valence-electron chi connectivity index (χ2n) is 6.05. The number of rotatable bonds is 5. The van der Waals surface area contributed by atoms with Gasteiger partial charge in [-0.15, -0.1) is 5.10 Å². The van der Waals surface area contributed by atoms with Gasteiger partial charge >= 0.3 is 0 Å². The first-order chi connectivity index (χ1) is 8.66. The summed E-state index contributed by atoms with van der Waals surface area (Å²) in [4.78, 5) is 0. The summed E-state index contributed by atoms with van der Waals surface area (Å²) in [6, 6.07) is 0.678. The topological polar surface area (TPSA) is 42.7 Å². The molecule has 4 heteroatoms. The van der Waals surface area contributed by atoms with Gasteiger partial charge in [-0.25, -0.2) is 0 Å². The van der Waals surface area contributed by atoms with Crippen molar-refractivity contribution in [3.8, 4) is 0 Å². The summed E-state index contributed by atoms with van der Waals surface area (Å²) in [7, 11) is 0. The molecule has 18 heavy (non-hydrogen) atoms. The first-order valence-corrected chi connectivity index (χ1v) is 7.24. The smallest absolute Gasteiger partial charge is 0.0692 e. The van der Waals surface area contributed by atoms with E-state index >= 15 is 0 Å². The van der Waals surface area contributed by atoms with Gasteiger partial charge in [0.15, 0.2) is 0 Å². The summed E-state index contributed by atoms with van der Waals surface area (Å²) >= 11 is 0. The molecule has 0 saturated heterocycles. The molecule has 4 nitrogen and oxygen atoms in total. The van der Waals surface area contributed by atoms with Gasteiger partial charge in [0.25, 0.3) is 0 Å². The van der Waals surface area contributed by atoms with Crippen molar-refractivity contribution in [3.05, 3.63) is 12.4 Å². The fraction of sp³-hybridized carbons (Fsp3) is 0.857. The Morgan fingerprint density at radius 1 is 1.39 bits per heavy atom. The maximum absolute atomic E-state index is 3.99. The van der Waals surface area contributed by atoms with E-state index in [1.54, 1.807) is 6.20 Å². The van der Waals surface area contributed by atoms with E-state index in [1.807, 2.05) is 10.9 Å². The van der Waals surface area contributed by atoms with Crippen LogP contribution in [0.5, 0.6) is 0 Å². The predicted molar refractivity (Wildman–Crippen MR) is 73.2 cm³/mol. The zero-order valence-electron chi connectivity index (χ0n) is 11.8. The second kappa shape index (κ2) is 6.32. The third-order valence-electron chi connectivity index (χ3n) is 4.24. The van der Waals surface area contributed by atoms with Crippen molar-refractivity contribution in [2.75, 3.05) is 6.54 Å². The summed E-state index contributed by atoms with van der Waals surface area (Å²) in [6.07, 6.45) is 7.74. The highest BCUT2D eigenvalue weighted by molar-refractivity contribution is 4.85. The van der Waals surface area contributed by atoms with Gasteiger partial charge in [0.05, 0.1) is 12.7 Å². The Bertz CT molecular complexity index is 334. The van der Waals surface area contributed by atoms with E-state index in [0.29, 0.717) is 6.04 Å². The SMILES string of the molecule is CC1CCC(C(C)C)C(NCCn2ccnn2)C1. The minimum Gasteiger partial charge on any atom is -0.312 e. The fourth-order valence-corrected chi connectivity index (χ4v) is 3.15. The van der Waals surface area contributed by atoms with Crippen molar-refractivity contribution >= 4 is 0 Å². The maximum atomic E-state index is 3.99. The standard InChI is InChI=1S/C14H26N4/c1-11(2)13-5-4-12(3)10-14(13)15-6-8-18-9-7-16-17-18/h7,9,11-15H,4-6,8,10H2,1-3H3. The molecule has 0 radical (unpaired) electrons. The van der Waals surface area contributed by atoms with Crippen LogP contribution in [0.3, 0.4) is 0 Å². The summed E-state index contributed by atoms with van der Waals surface area (Å²) < 4.78 is 1.89. The molecular weight excluding hydrogens is 224 g/mol. The molecule has 0 aliphatic heterocycles. The molecule has 1 aromatic heterocycles. The molecule has 0 spiro atoms. The first kappa shape index (κ1) is 13.5. The Hall–Kier alpha value is -0.900. The Morgan fingerprint density at radius 3 is 2.89 bits per heavy atom. The highest BCUT2D eigenvalue weighted by atomic mass is 15.4. The van der Waals surface area contributed by atoms with Crippen LogP contribution in [0.2, 0.25) is 0 Å². The Balaban J connectivity index is 1.81. The minimum atomic E-state index is 0.678. The summed E-state index contributed by atoms with van der Waals surface area (Å²) in [5, 5.41) is 11.6. The fourth-order valence-electron chi connectivity index (χ4n) is 3.15. The molecule has 0 amide bonds. The van der Waals surface area contributed by atoms with Gasteiger partial charge in [-0.05, 0) is 30.6 Å². The van der Waals surface area contributed by atoms with Crippen molar-refractivity contribution in [2.45, 2.75) is 52.6 Å². The van der Waals surface area contributed by atoms with Crippen LogP contribution in [0.15, 0.2) is 12.4 Å². The van der Waals surface area contributed by atoms with Gasteiger partial charge in [0.2, 0.25) is 0 Å². The van der Waals surface area contributed by atoms with E-state index in [4.69, 9.17) is 0 Å². The van der Waals surface area contributed by atoms with Crippen LogP contribution in [0.25, 0.3) is 0 Å². The van der Waals surface area contributed by atoms with Crippen LogP contribution in [0.1, 0.15) is 40.0 Å². The van der Waals surface area contributed by atoms with E-state index in [9.17, 15) is 0 Å². The number of nitrogens with one attached hydrogen (secondary N) is 1. The van der Waals surface area contributed by atoms with E-state index in [1.165, 1.54) is 19.3 Å². The lowest BCUT2D eigenvalue weighted by molar-refractivity contribution is 0.169. The van der Waals surface area contributed by atoms with Crippen LogP contribution in [0, 0.1) is 17.8 Å². The van der Waals surface area contributed by atoms with Gasteiger partial charge < -0.3 is 5.32 Å². The van der Waals surface area contributed by atoms with Crippen LogP contribution in [-0.2, 0) is 6.54 Å². The normalized spacial score (nSPS) is 28.8. The highest BCUT2D eigenvalue weighted by Gasteiger charge is 2.29. The van der Waals surface area contributed by atoms with E-state index < -0.39 is 0 Å². The quantitative estimate of drug-likeness (QED) is 0.872. The van der Waals surface area contributed by atoms with Gasteiger partial charge in [-0.3, -0.25) is 4.68 Å². The maximum Gasteiger partial charge on any atom is 0.0692 e. The molecule has 2 rings (SSSR count). The number of hydrogen-bond acceptors (Lipinski definition) is 3. The van der Waals surface area contributed by atoms with Crippen LogP contribution in [0.4, 0.5) is 0 Å². The van der Waals surface area contributed by atoms with Gasteiger partial charge in [0, 0.05) is 18.8 Å². The average Bonchev–Trinajstić information content (AvgIpc) is 2.82. The molecule has 1 aromatic rings. The highest BCUT2D eigenvalue weighted by Crippen LogP contribution is 2.33. The van der Waals surface area contributed by atoms with Gasteiger partial charge in [0.1, 0.15) is 0 Å². The molecule has 1 aliphatic carbocycles. The van der Waals surface area contributed by atoms with Crippen LogP contribution < -0.4 is 5.32 Å². The van der Waals surface area contributed by atoms with Crippen LogP contribution >= 0.6 is 0 Å². The van der Waals surface area contributed by atoms with E-state index in [0.717, 1.165) is 30.8 Å². The minimum absolute atomic E-state index is 0.678. The molecule has 0 aromatic carbocycles. The van der Waals surface area contributed by atoms with Gasteiger partial charge in [-0.1, -0.05) is 32.4 Å². The molecule has 1 N–H and O–H groups in total. The summed E-state index contributed by atoms with van der Waals surface area (Å²) in [5.74, 6) is 2.47. The predicted octanol–water partition coefficient (Wildman–Crippen LogP) is 2.33. The van der Waals surface area contributed by atoms with Crippen molar-refractivity contribution in [3.63, 3.8) is 0 Å². The molecule has 3 atom stereocenters. The Kier molecular flexibility index (Phi) is 4.75. The molecule has 102 valence electrons. The zero-order chi connectivity index (χ0) is 13.0. The third kappa shape index (κ3) is 3.55. The molecule has 1 aliphatic rings. The monoisotopic (exact) mass is 250 g/mol. The summed E-state index contributed by atoms with van der Waals surface area (Å²) in [5.41, 5.74) is 0. The number of nitrogens with zero attached hydrogens (tertiary/aromatic N) is 3. The second-order valence-corrected chi connectivity index (χ2v) is 6.05. The van der Waals surface area contributed by atoms with Crippen molar-refractivity contribution < 1.29 is 0 Å². The van der Waals surface area contributed by atoms with Crippen molar-refractivity contribution in [1.82, 2.24) is 20.3 Å². The first-order valence-electron chi connectivity index (χ1n) is 7.24. The lowest BCUT2D eigenvalue weighted by Crippen LogP contribution is -2.43. The summed E-state index contributed by atoms with van der Waals surface area (Å²) in [6.45, 7) is 8.99.